The Kier molecular flexibility index (Phi) is 3.63. The van der Waals surface area contributed by atoms with Crippen molar-refractivity contribution < 1.29 is 9.63 Å². The lowest BCUT2D eigenvalue weighted by Gasteiger charge is -2.24. The molecule has 4 nitrogen and oxygen atoms in total. The summed E-state index contributed by atoms with van der Waals surface area (Å²) in [4.78, 5) is 23.5. The molecule has 1 aromatic heterocycles. The van der Waals surface area contributed by atoms with E-state index in [0.717, 1.165) is 53.4 Å². The Balaban J connectivity index is 1.77. The second kappa shape index (κ2) is 6.13. The molecule has 0 spiro atoms. The van der Waals surface area contributed by atoms with Gasteiger partial charge in [0.2, 0.25) is 0 Å². The maximum absolute atomic E-state index is 13.0. The summed E-state index contributed by atoms with van der Waals surface area (Å²) in [5.74, 6) is 0.353. The van der Waals surface area contributed by atoms with Gasteiger partial charge >= 0.3 is 0 Å². The third kappa shape index (κ3) is 2.45. The summed E-state index contributed by atoms with van der Waals surface area (Å²) in [5, 5.41) is 0.993. The van der Waals surface area contributed by atoms with Gasteiger partial charge in [-0.1, -0.05) is 36.4 Å². The summed E-state index contributed by atoms with van der Waals surface area (Å²) < 4.78 is 0. The van der Waals surface area contributed by atoms with Crippen LogP contribution in [0.15, 0.2) is 48.5 Å². The van der Waals surface area contributed by atoms with E-state index in [4.69, 9.17) is 9.82 Å². The number of nitrogens with one attached hydrogen (secondary N) is 1. The Morgan fingerprint density at radius 3 is 2.77 bits per heavy atom. The van der Waals surface area contributed by atoms with Crippen LogP contribution in [0.4, 0.5) is 0 Å². The van der Waals surface area contributed by atoms with Gasteiger partial charge in [0.05, 0.1) is 11.4 Å². The number of pyridine rings is 1. The van der Waals surface area contributed by atoms with Crippen molar-refractivity contribution >= 4 is 16.8 Å². The highest BCUT2D eigenvalue weighted by Gasteiger charge is 2.32. The number of carbonyl (C=O) groups is 1. The van der Waals surface area contributed by atoms with Gasteiger partial charge in [0.1, 0.15) is 0 Å². The first-order chi connectivity index (χ1) is 12.8. The van der Waals surface area contributed by atoms with Crippen LogP contribution < -0.4 is 10.3 Å². The molecule has 130 valence electrons. The van der Waals surface area contributed by atoms with E-state index in [1.165, 1.54) is 5.56 Å². The summed E-state index contributed by atoms with van der Waals surface area (Å²) in [5.41, 5.74) is 8.28. The first kappa shape index (κ1) is 15.4. The average molecular weight is 344 g/mol. The van der Waals surface area contributed by atoms with Crippen LogP contribution in [-0.4, -0.2) is 10.9 Å². The molecule has 0 saturated heterocycles. The molecule has 1 atom stereocenters. The van der Waals surface area contributed by atoms with E-state index in [1.807, 2.05) is 36.4 Å². The van der Waals surface area contributed by atoms with Gasteiger partial charge < -0.3 is 4.84 Å². The van der Waals surface area contributed by atoms with Crippen LogP contribution >= 0.6 is 0 Å². The van der Waals surface area contributed by atoms with Crippen LogP contribution in [0.2, 0.25) is 0 Å². The predicted molar refractivity (Wildman–Crippen MR) is 100 cm³/mol. The summed E-state index contributed by atoms with van der Waals surface area (Å²) in [6.45, 7) is 0. The number of rotatable bonds is 2. The minimum atomic E-state index is -0.265. The zero-order valence-electron chi connectivity index (χ0n) is 14.5. The molecule has 2 heterocycles. The minimum absolute atomic E-state index is 0.0784. The van der Waals surface area contributed by atoms with Gasteiger partial charge in [-0.15, -0.1) is 0 Å². The number of hydroxylamine groups is 1. The molecule has 3 aromatic rings. The fraction of sp³-hybridized carbons (Fsp3) is 0.273. The normalized spacial score (nSPS) is 18.6. The molecular weight excluding hydrogens is 324 g/mol. The molecule has 0 bridgehead atoms. The average Bonchev–Trinajstić information content (AvgIpc) is 2.82. The Morgan fingerprint density at radius 2 is 1.88 bits per heavy atom. The van der Waals surface area contributed by atoms with Crippen molar-refractivity contribution in [3.8, 4) is 5.75 Å². The van der Waals surface area contributed by atoms with E-state index in [-0.39, 0.29) is 11.8 Å². The lowest BCUT2D eigenvalue weighted by molar-refractivity contribution is -0.128. The lowest BCUT2D eigenvalue weighted by Crippen LogP contribution is -2.32. The minimum Gasteiger partial charge on any atom is -0.379 e. The SMILES string of the molecule is O=C1NOc2cccc3nc4c(c(c23)C1Cc1ccccc1)CCCC4. The van der Waals surface area contributed by atoms with Crippen molar-refractivity contribution in [1.29, 1.82) is 0 Å². The molecule has 4 heteroatoms. The molecule has 2 aromatic carbocycles. The zero-order valence-corrected chi connectivity index (χ0v) is 14.5. The second-order valence-corrected chi connectivity index (χ2v) is 7.12. The van der Waals surface area contributed by atoms with E-state index in [1.54, 1.807) is 0 Å². The monoisotopic (exact) mass is 344 g/mol. The molecule has 0 fully saturated rings. The van der Waals surface area contributed by atoms with Crippen molar-refractivity contribution in [2.75, 3.05) is 0 Å². The molecule has 1 amide bonds. The summed E-state index contributed by atoms with van der Waals surface area (Å²) in [7, 11) is 0. The van der Waals surface area contributed by atoms with Crippen LogP contribution in [0.25, 0.3) is 10.9 Å². The van der Waals surface area contributed by atoms with Crippen molar-refractivity contribution in [1.82, 2.24) is 10.5 Å². The molecule has 1 unspecified atom stereocenters. The van der Waals surface area contributed by atoms with Crippen LogP contribution in [-0.2, 0) is 24.1 Å². The smallest absolute Gasteiger partial charge is 0.260 e. The highest BCUT2D eigenvalue weighted by atomic mass is 16.7. The molecule has 0 saturated carbocycles. The Bertz CT molecular complexity index is 998. The zero-order chi connectivity index (χ0) is 17.5. The number of carbonyl (C=O) groups excluding carboxylic acids is 1. The molecule has 2 aliphatic rings. The van der Waals surface area contributed by atoms with Gasteiger partial charge in [-0.05, 0) is 60.9 Å². The number of nitrogens with zero attached hydrogens (tertiary/aromatic N) is 1. The van der Waals surface area contributed by atoms with E-state index in [2.05, 4.69) is 17.6 Å². The molecule has 26 heavy (non-hydrogen) atoms. The molecule has 1 aliphatic heterocycles. The van der Waals surface area contributed by atoms with Gasteiger partial charge in [0, 0.05) is 11.1 Å². The van der Waals surface area contributed by atoms with Gasteiger partial charge in [0.15, 0.2) is 5.75 Å². The molecule has 5 rings (SSSR count). The lowest BCUT2D eigenvalue weighted by atomic mass is 9.81. The highest BCUT2D eigenvalue weighted by molar-refractivity contribution is 5.97. The summed E-state index contributed by atoms with van der Waals surface area (Å²) in [6, 6.07) is 16.1. The number of benzene rings is 2. The Hall–Kier alpha value is -2.88. The Morgan fingerprint density at radius 1 is 1.04 bits per heavy atom. The number of amides is 1. The van der Waals surface area contributed by atoms with Gasteiger partial charge in [-0.3, -0.25) is 9.78 Å². The first-order valence-corrected chi connectivity index (χ1v) is 9.26. The second-order valence-electron chi connectivity index (χ2n) is 7.12. The third-order valence-corrected chi connectivity index (χ3v) is 5.50. The van der Waals surface area contributed by atoms with Crippen molar-refractivity contribution in [2.24, 2.45) is 0 Å². The number of fused-ring (bicyclic) bond motifs is 2. The maximum Gasteiger partial charge on any atom is 0.260 e. The van der Waals surface area contributed by atoms with E-state index < -0.39 is 0 Å². The maximum atomic E-state index is 13.0. The molecule has 1 aliphatic carbocycles. The molecule has 1 N–H and O–H groups in total. The van der Waals surface area contributed by atoms with Gasteiger partial charge in [0.25, 0.3) is 5.91 Å². The Labute approximate surface area is 152 Å². The number of aryl methyl sites for hydroxylation is 1. The van der Waals surface area contributed by atoms with E-state index >= 15 is 0 Å². The number of hydrogen-bond acceptors (Lipinski definition) is 3. The van der Waals surface area contributed by atoms with Crippen LogP contribution in [0.1, 0.15) is 41.1 Å². The van der Waals surface area contributed by atoms with Crippen molar-refractivity contribution in [3.05, 3.63) is 70.9 Å². The highest BCUT2D eigenvalue weighted by Crippen LogP contribution is 2.41. The van der Waals surface area contributed by atoms with E-state index in [9.17, 15) is 4.79 Å². The van der Waals surface area contributed by atoms with Crippen LogP contribution in [0, 0.1) is 0 Å². The molecular formula is C22H20N2O2. The van der Waals surface area contributed by atoms with Crippen molar-refractivity contribution in [3.63, 3.8) is 0 Å². The van der Waals surface area contributed by atoms with Gasteiger partial charge in [-0.25, -0.2) is 0 Å². The van der Waals surface area contributed by atoms with Crippen molar-refractivity contribution in [2.45, 2.75) is 38.0 Å². The summed E-state index contributed by atoms with van der Waals surface area (Å²) >= 11 is 0. The standard InChI is InChI=1S/C22H20N2O2/c25-22-16(13-14-7-2-1-3-8-14)20-15-9-4-5-10-17(15)23-18-11-6-12-19(21(18)20)26-24-22/h1-3,6-8,11-12,16H,4-5,9-10,13H2,(H,24,25). The predicted octanol–water partition coefficient (Wildman–Crippen LogP) is 3.86. The molecule has 0 radical (unpaired) electrons. The fourth-order valence-electron chi connectivity index (χ4n) is 4.30. The van der Waals surface area contributed by atoms with Crippen LogP contribution in [0.5, 0.6) is 5.75 Å². The topological polar surface area (TPSA) is 51.2 Å². The van der Waals surface area contributed by atoms with Crippen LogP contribution in [0.3, 0.4) is 0 Å². The fourth-order valence-corrected chi connectivity index (χ4v) is 4.30. The quantitative estimate of drug-likeness (QED) is 0.768. The summed E-state index contributed by atoms with van der Waals surface area (Å²) in [6.07, 6.45) is 4.95. The first-order valence-electron chi connectivity index (χ1n) is 9.26. The largest absolute Gasteiger partial charge is 0.379 e. The number of aromatic nitrogens is 1. The van der Waals surface area contributed by atoms with Gasteiger partial charge in [-0.2, -0.15) is 5.48 Å². The van der Waals surface area contributed by atoms with E-state index in [0.29, 0.717) is 12.2 Å². The third-order valence-electron chi connectivity index (χ3n) is 5.50. The number of hydrogen-bond donors (Lipinski definition) is 1.